The zero-order chi connectivity index (χ0) is 21.4. The van der Waals surface area contributed by atoms with Crippen LogP contribution in [0.25, 0.3) is 0 Å². The first-order valence-corrected chi connectivity index (χ1v) is 12.0. The van der Waals surface area contributed by atoms with Gasteiger partial charge in [-0.3, -0.25) is 4.99 Å². The SMILES string of the molecule is CCNC(=NCC1CCN(S(=O)(=O)c2ccccc2)CC1)N(C)Cc1ccccc1. The molecule has 1 fully saturated rings. The summed E-state index contributed by atoms with van der Waals surface area (Å²) in [6.45, 7) is 5.48. The molecule has 1 heterocycles. The normalized spacial score (nSPS) is 16.4. The molecule has 1 aliphatic rings. The van der Waals surface area contributed by atoms with Crippen LogP contribution in [0.4, 0.5) is 0 Å². The Kier molecular flexibility index (Phi) is 7.87. The number of hydrogen-bond donors (Lipinski definition) is 1. The second-order valence-electron chi connectivity index (χ2n) is 7.70. The number of rotatable bonds is 7. The summed E-state index contributed by atoms with van der Waals surface area (Å²) in [5.41, 5.74) is 1.24. The van der Waals surface area contributed by atoms with E-state index in [0.717, 1.165) is 31.9 Å². The van der Waals surface area contributed by atoms with Crippen LogP contribution in [0.2, 0.25) is 0 Å². The lowest BCUT2D eigenvalue weighted by atomic mass is 9.98. The molecular weight excluding hydrogens is 396 g/mol. The predicted molar refractivity (Wildman–Crippen MR) is 122 cm³/mol. The maximum atomic E-state index is 12.8. The van der Waals surface area contributed by atoms with Crippen LogP contribution in [0, 0.1) is 5.92 Å². The first kappa shape index (κ1) is 22.3. The largest absolute Gasteiger partial charge is 0.357 e. The van der Waals surface area contributed by atoms with Gasteiger partial charge in [-0.2, -0.15) is 4.31 Å². The van der Waals surface area contributed by atoms with Gasteiger partial charge in [-0.1, -0.05) is 48.5 Å². The molecule has 0 amide bonds. The molecule has 1 N–H and O–H groups in total. The van der Waals surface area contributed by atoms with Crippen molar-refractivity contribution in [1.29, 1.82) is 0 Å². The Hall–Kier alpha value is -2.38. The quantitative estimate of drug-likeness (QED) is 0.543. The van der Waals surface area contributed by atoms with E-state index in [2.05, 4.69) is 29.3 Å². The van der Waals surface area contributed by atoms with Crippen LogP contribution in [0.1, 0.15) is 25.3 Å². The van der Waals surface area contributed by atoms with Crippen LogP contribution in [0.5, 0.6) is 0 Å². The van der Waals surface area contributed by atoms with E-state index in [1.807, 2.05) is 31.3 Å². The summed E-state index contributed by atoms with van der Waals surface area (Å²) in [5.74, 6) is 1.28. The van der Waals surface area contributed by atoms with Crippen molar-refractivity contribution < 1.29 is 8.42 Å². The molecule has 1 saturated heterocycles. The minimum Gasteiger partial charge on any atom is -0.357 e. The molecule has 30 heavy (non-hydrogen) atoms. The molecule has 0 bridgehead atoms. The Balaban J connectivity index is 1.56. The van der Waals surface area contributed by atoms with Gasteiger partial charge in [0.05, 0.1) is 4.90 Å². The summed E-state index contributed by atoms with van der Waals surface area (Å²) in [6.07, 6.45) is 1.66. The topological polar surface area (TPSA) is 65.0 Å². The molecule has 0 aromatic heterocycles. The molecule has 0 unspecified atom stereocenters. The van der Waals surface area contributed by atoms with E-state index in [-0.39, 0.29) is 0 Å². The van der Waals surface area contributed by atoms with Gasteiger partial charge in [-0.25, -0.2) is 8.42 Å². The van der Waals surface area contributed by atoms with Crippen LogP contribution in [0.15, 0.2) is 70.6 Å². The summed E-state index contributed by atoms with van der Waals surface area (Å²) >= 11 is 0. The van der Waals surface area contributed by atoms with E-state index in [1.54, 1.807) is 28.6 Å². The third-order valence-electron chi connectivity index (χ3n) is 5.41. The van der Waals surface area contributed by atoms with Crippen molar-refractivity contribution in [1.82, 2.24) is 14.5 Å². The molecule has 0 aliphatic carbocycles. The van der Waals surface area contributed by atoms with Crippen molar-refractivity contribution in [3.63, 3.8) is 0 Å². The summed E-state index contributed by atoms with van der Waals surface area (Å²) in [6, 6.07) is 19.0. The van der Waals surface area contributed by atoms with Crippen molar-refractivity contribution in [3.8, 4) is 0 Å². The molecule has 2 aromatic carbocycles. The molecule has 2 aromatic rings. The number of nitrogens with zero attached hydrogens (tertiary/aromatic N) is 3. The molecule has 0 atom stereocenters. The summed E-state index contributed by atoms with van der Waals surface area (Å²) in [5, 5.41) is 3.37. The smallest absolute Gasteiger partial charge is 0.243 e. The van der Waals surface area contributed by atoms with Gasteiger partial charge in [0.1, 0.15) is 0 Å². The maximum Gasteiger partial charge on any atom is 0.243 e. The fraction of sp³-hybridized carbons (Fsp3) is 0.435. The Morgan fingerprint density at radius 3 is 2.27 bits per heavy atom. The van der Waals surface area contributed by atoms with Gasteiger partial charge >= 0.3 is 0 Å². The first-order chi connectivity index (χ1) is 14.5. The molecule has 3 rings (SSSR count). The highest BCUT2D eigenvalue weighted by atomic mass is 32.2. The van der Waals surface area contributed by atoms with E-state index >= 15 is 0 Å². The molecule has 0 radical (unpaired) electrons. The van der Waals surface area contributed by atoms with Crippen LogP contribution in [-0.4, -0.2) is 56.8 Å². The second-order valence-corrected chi connectivity index (χ2v) is 9.63. The van der Waals surface area contributed by atoms with Gasteiger partial charge in [0, 0.05) is 39.8 Å². The second kappa shape index (κ2) is 10.6. The molecule has 7 heteroatoms. The van der Waals surface area contributed by atoms with Gasteiger partial charge < -0.3 is 10.2 Å². The number of guanidine groups is 1. The predicted octanol–water partition coefficient (Wildman–Crippen LogP) is 3.18. The molecular formula is C23H32N4O2S. The van der Waals surface area contributed by atoms with Crippen molar-refractivity contribution in [2.75, 3.05) is 33.2 Å². The number of piperidine rings is 1. The molecule has 6 nitrogen and oxygen atoms in total. The van der Waals surface area contributed by atoms with Gasteiger partial charge in [0.25, 0.3) is 0 Å². The summed E-state index contributed by atoms with van der Waals surface area (Å²) < 4.78 is 27.2. The van der Waals surface area contributed by atoms with Crippen molar-refractivity contribution in [2.24, 2.45) is 10.9 Å². The fourth-order valence-corrected chi connectivity index (χ4v) is 5.18. The Bertz CT molecular complexity index is 909. The Morgan fingerprint density at radius 1 is 1.07 bits per heavy atom. The third kappa shape index (κ3) is 5.83. The number of sulfonamides is 1. The number of hydrogen-bond acceptors (Lipinski definition) is 3. The first-order valence-electron chi connectivity index (χ1n) is 10.6. The lowest BCUT2D eigenvalue weighted by Gasteiger charge is -2.31. The van der Waals surface area contributed by atoms with Gasteiger partial charge in [0.2, 0.25) is 10.0 Å². The van der Waals surface area contributed by atoms with Crippen LogP contribution < -0.4 is 5.32 Å². The number of nitrogens with one attached hydrogen (secondary N) is 1. The number of aliphatic imine (C=N–C) groups is 1. The third-order valence-corrected chi connectivity index (χ3v) is 7.33. The molecule has 162 valence electrons. The lowest BCUT2D eigenvalue weighted by Crippen LogP contribution is -2.40. The fourth-order valence-electron chi connectivity index (χ4n) is 3.69. The van der Waals surface area contributed by atoms with E-state index < -0.39 is 10.0 Å². The minimum atomic E-state index is -3.40. The zero-order valence-electron chi connectivity index (χ0n) is 17.9. The highest BCUT2D eigenvalue weighted by Crippen LogP contribution is 2.24. The Labute approximate surface area is 180 Å². The monoisotopic (exact) mass is 428 g/mol. The van der Waals surface area contributed by atoms with Crippen LogP contribution >= 0.6 is 0 Å². The standard InChI is InChI=1S/C23H32N4O2S/c1-3-24-23(26(2)19-21-10-6-4-7-11-21)25-18-20-14-16-27(17-15-20)30(28,29)22-12-8-5-9-13-22/h4-13,20H,3,14-19H2,1-2H3,(H,24,25). The van der Waals surface area contributed by atoms with E-state index in [9.17, 15) is 8.42 Å². The van der Waals surface area contributed by atoms with Gasteiger partial charge in [-0.05, 0) is 43.4 Å². The average molecular weight is 429 g/mol. The highest BCUT2D eigenvalue weighted by Gasteiger charge is 2.29. The van der Waals surface area contributed by atoms with Crippen molar-refractivity contribution >= 4 is 16.0 Å². The molecule has 0 saturated carbocycles. The van der Waals surface area contributed by atoms with E-state index in [0.29, 0.717) is 30.4 Å². The minimum absolute atomic E-state index is 0.374. The van der Waals surface area contributed by atoms with Crippen molar-refractivity contribution in [3.05, 3.63) is 66.2 Å². The average Bonchev–Trinajstić information content (AvgIpc) is 2.78. The van der Waals surface area contributed by atoms with Crippen molar-refractivity contribution in [2.45, 2.75) is 31.2 Å². The number of benzene rings is 2. The van der Waals surface area contributed by atoms with Gasteiger partial charge in [0.15, 0.2) is 5.96 Å². The zero-order valence-corrected chi connectivity index (χ0v) is 18.7. The van der Waals surface area contributed by atoms with Gasteiger partial charge in [-0.15, -0.1) is 0 Å². The highest BCUT2D eigenvalue weighted by molar-refractivity contribution is 7.89. The van der Waals surface area contributed by atoms with Crippen LogP contribution in [0.3, 0.4) is 0 Å². The van der Waals surface area contributed by atoms with E-state index in [4.69, 9.17) is 4.99 Å². The molecule has 1 aliphatic heterocycles. The maximum absolute atomic E-state index is 12.8. The molecule has 0 spiro atoms. The van der Waals surface area contributed by atoms with Crippen LogP contribution in [-0.2, 0) is 16.6 Å². The lowest BCUT2D eigenvalue weighted by molar-refractivity contribution is 0.278. The summed E-state index contributed by atoms with van der Waals surface area (Å²) in [4.78, 5) is 7.35. The summed E-state index contributed by atoms with van der Waals surface area (Å²) in [7, 11) is -1.35. The van der Waals surface area contributed by atoms with E-state index in [1.165, 1.54) is 5.56 Å². The Morgan fingerprint density at radius 2 is 1.67 bits per heavy atom.